The zero-order chi connectivity index (χ0) is 12.5. The van der Waals surface area contributed by atoms with E-state index in [9.17, 15) is 4.79 Å². The van der Waals surface area contributed by atoms with E-state index in [0.29, 0.717) is 36.0 Å². The summed E-state index contributed by atoms with van der Waals surface area (Å²) in [5, 5.41) is 6.65. The third kappa shape index (κ3) is 2.23. The quantitative estimate of drug-likeness (QED) is 0.860. The highest BCUT2D eigenvalue weighted by molar-refractivity contribution is 6.32. The normalized spacial score (nSPS) is 21.2. The lowest BCUT2D eigenvalue weighted by molar-refractivity contribution is -0.119. The topological polar surface area (TPSA) is 59.6 Å². The molecule has 0 bridgehead atoms. The Kier molecular flexibility index (Phi) is 3.01. The van der Waals surface area contributed by atoms with Crippen LogP contribution in [0, 0.1) is 0 Å². The van der Waals surface area contributed by atoms with Crippen LogP contribution in [0.25, 0.3) is 0 Å². The maximum Gasteiger partial charge on any atom is 0.231 e. The van der Waals surface area contributed by atoms with Gasteiger partial charge in [-0.15, -0.1) is 0 Å². The highest BCUT2D eigenvalue weighted by Crippen LogP contribution is 2.39. The van der Waals surface area contributed by atoms with E-state index in [-0.39, 0.29) is 18.7 Å². The van der Waals surface area contributed by atoms with Crippen molar-refractivity contribution in [3.05, 3.63) is 22.7 Å². The van der Waals surface area contributed by atoms with Gasteiger partial charge in [0.25, 0.3) is 0 Å². The fraction of sp³-hybridized carbons (Fsp3) is 0.417. The van der Waals surface area contributed by atoms with E-state index in [0.717, 1.165) is 5.56 Å². The third-order valence-corrected chi connectivity index (χ3v) is 3.34. The van der Waals surface area contributed by atoms with Gasteiger partial charge in [-0.3, -0.25) is 4.79 Å². The van der Waals surface area contributed by atoms with Gasteiger partial charge in [0, 0.05) is 25.6 Å². The lowest BCUT2D eigenvalue weighted by atomic mass is 10.1. The first-order chi connectivity index (χ1) is 8.72. The van der Waals surface area contributed by atoms with Crippen molar-refractivity contribution in [2.24, 2.45) is 0 Å². The van der Waals surface area contributed by atoms with Crippen molar-refractivity contribution in [3.8, 4) is 11.5 Å². The number of fused-ring (bicyclic) bond motifs is 1. The SMILES string of the molecule is O=C1CC(NCc2cc(Cl)c3c(c2)OCO3)CN1. The van der Waals surface area contributed by atoms with Crippen molar-refractivity contribution >= 4 is 17.5 Å². The van der Waals surface area contributed by atoms with Gasteiger partial charge in [0.2, 0.25) is 12.7 Å². The zero-order valence-electron chi connectivity index (χ0n) is 9.66. The Hall–Kier alpha value is -1.46. The Bertz CT molecular complexity index is 492. The van der Waals surface area contributed by atoms with Crippen LogP contribution in [0.2, 0.25) is 5.02 Å². The average molecular weight is 269 g/mol. The molecule has 96 valence electrons. The summed E-state index contributed by atoms with van der Waals surface area (Å²) in [6, 6.07) is 3.94. The summed E-state index contributed by atoms with van der Waals surface area (Å²) in [4.78, 5) is 11.1. The molecule has 1 aromatic carbocycles. The fourth-order valence-corrected chi connectivity index (χ4v) is 2.42. The maximum absolute atomic E-state index is 11.1. The van der Waals surface area contributed by atoms with Gasteiger partial charge in [-0.1, -0.05) is 11.6 Å². The zero-order valence-corrected chi connectivity index (χ0v) is 10.4. The van der Waals surface area contributed by atoms with Crippen LogP contribution in [-0.2, 0) is 11.3 Å². The number of nitrogens with one attached hydrogen (secondary N) is 2. The van der Waals surface area contributed by atoms with Crippen LogP contribution >= 0.6 is 11.6 Å². The third-order valence-electron chi connectivity index (χ3n) is 3.06. The molecule has 1 amide bonds. The average Bonchev–Trinajstić information content (AvgIpc) is 2.95. The second kappa shape index (κ2) is 4.66. The minimum atomic E-state index is 0.0937. The largest absolute Gasteiger partial charge is 0.454 e. The van der Waals surface area contributed by atoms with Crippen molar-refractivity contribution in [1.82, 2.24) is 10.6 Å². The molecular formula is C12H13ClN2O3. The van der Waals surface area contributed by atoms with Crippen molar-refractivity contribution in [1.29, 1.82) is 0 Å². The smallest absolute Gasteiger partial charge is 0.231 e. The van der Waals surface area contributed by atoms with E-state index in [1.165, 1.54) is 0 Å². The number of carbonyl (C=O) groups excluding carboxylic acids is 1. The van der Waals surface area contributed by atoms with E-state index in [2.05, 4.69) is 10.6 Å². The number of benzene rings is 1. The van der Waals surface area contributed by atoms with E-state index in [4.69, 9.17) is 21.1 Å². The molecule has 0 aromatic heterocycles. The lowest BCUT2D eigenvalue weighted by Crippen LogP contribution is -2.30. The number of hydrogen-bond donors (Lipinski definition) is 2. The monoisotopic (exact) mass is 268 g/mol. The first-order valence-corrected chi connectivity index (χ1v) is 6.18. The second-order valence-electron chi connectivity index (χ2n) is 4.40. The molecule has 0 saturated carbocycles. The number of amides is 1. The molecule has 0 radical (unpaired) electrons. The van der Waals surface area contributed by atoms with E-state index in [1.54, 1.807) is 0 Å². The van der Waals surface area contributed by atoms with Gasteiger partial charge in [-0.25, -0.2) is 0 Å². The molecule has 2 aliphatic rings. The predicted molar refractivity (Wildman–Crippen MR) is 65.8 cm³/mol. The van der Waals surface area contributed by atoms with Crippen LogP contribution in [0.3, 0.4) is 0 Å². The van der Waals surface area contributed by atoms with Crippen molar-refractivity contribution < 1.29 is 14.3 Å². The van der Waals surface area contributed by atoms with Crippen LogP contribution in [0.5, 0.6) is 11.5 Å². The molecule has 6 heteroatoms. The van der Waals surface area contributed by atoms with Crippen LogP contribution in [-0.4, -0.2) is 25.3 Å². The molecule has 2 heterocycles. The number of ether oxygens (including phenoxy) is 2. The molecular weight excluding hydrogens is 256 g/mol. The molecule has 1 aromatic rings. The van der Waals surface area contributed by atoms with Gasteiger partial charge >= 0.3 is 0 Å². The summed E-state index contributed by atoms with van der Waals surface area (Å²) >= 11 is 6.09. The van der Waals surface area contributed by atoms with Gasteiger partial charge in [0.05, 0.1) is 5.02 Å². The maximum atomic E-state index is 11.1. The highest BCUT2D eigenvalue weighted by atomic mass is 35.5. The van der Waals surface area contributed by atoms with E-state index >= 15 is 0 Å². The summed E-state index contributed by atoms with van der Waals surface area (Å²) in [6.45, 7) is 1.54. The molecule has 0 aliphatic carbocycles. The van der Waals surface area contributed by atoms with Gasteiger partial charge in [-0.2, -0.15) is 0 Å². The Morgan fingerprint density at radius 3 is 3.11 bits per heavy atom. The number of halogens is 1. The summed E-state index contributed by atoms with van der Waals surface area (Å²) < 4.78 is 10.6. The first-order valence-electron chi connectivity index (χ1n) is 5.80. The predicted octanol–water partition coefficient (Wildman–Crippen LogP) is 1.05. The molecule has 2 N–H and O–H groups in total. The van der Waals surface area contributed by atoms with Gasteiger partial charge in [-0.05, 0) is 17.7 Å². The number of hydrogen-bond acceptors (Lipinski definition) is 4. The number of carbonyl (C=O) groups is 1. The van der Waals surface area contributed by atoms with Crippen molar-refractivity contribution in [3.63, 3.8) is 0 Å². The molecule has 2 aliphatic heterocycles. The number of rotatable bonds is 3. The van der Waals surface area contributed by atoms with Crippen molar-refractivity contribution in [2.75, 3.05) is 13.3 Å². The molecule has 1 atom stereocenters. The first kappa shape index (κ1) is 11.6. The Morgan fingerprint density at radius 1 is 1.44 bits per heavy atom. The molecule has 5 nitrogen and oxygen atoms in total. The molecule has 18 heavy (non-hydrogen) atoms. The fourth-order valence-electron chi connectivity index (χ4n) is 2.13. The van der Waals surface area contributed by atoms with Crippen LogP contribution in [0.15, 0.2) is 12.1 Å². The summed E-state index contributed by atoms with van der Waals surface area (Å²) in [5.41, 5.74) is 1.02. The van der Waals surface area contributed by atoms with E-state index < -0.39 is 0 Å². The minimum absolute atomic E-state index is 0.0937. The van der Waals surface area contributed by atoms with Crippen LogP contribution < -0.4 is 20.1 Å². The van der Waals surface area contributed by atoms with Gasteiger partial charge < -0.3 is 20.1 Å². The molecule has 1 saturated heterocycles. The summed E-state index contributed by atoms with van der Waals surface area (Å²) in [5.74, 6) is 1.38. The van der Waals surface area contributed by atoms with Crippen molar-refractivity contribution in [2.45, 2.75) is 19.0 Å². The minimum Gasteiger partial charge on any atom is -0.454 e. The standard InChI is InChI=1S/C12H13ClN2O3/c13-9-1-7(2-10-12(9)18-6-17-10)4-14-8-3-11(16)15-5-8/h1-2,8,14H,3-6H2,(H,15,16). The molecule has 1 fully saturated rings. The molecule has 0 spiro atoms. The molecule has 1 unspecified atom stereocenters. The lowest BCUT2D eigenvalue weighted by Gasteiger charge is -2.11. The summed E-state index contributed by atoms with van der Waals surface area (Å²) in [6.07, 6.45) is 0.526. The van der Waals surface area contributed by atoms with Gasteiger partial charge in [0.1, 0.15) is 0 Å². The Labute approximate surface area is 109 Å². The summed E-state index contributed by atoms with van der Waals surface area (Å²) in [7, 11) is 0. The van der Waals surface area contributed by atoms with Crippen LogP contribution in [0.1, 0.15) is 12.0 Å². The second-order valence-corrected chi connectivity index (χ2v) is 4.80. The van der Waals surface area contributed by atoms with Gasteiger partial charge in [0.15, 0.2) is 11.5 Å². The van der Waals surface area contributed by atoms with E-state index in [1.807, 2.05) is 12.1 Å². The Balaban J connectivity index is 1.66. The Morgan fingerprint density at radius 2 is 2.33 bits per heavy atom. The highest BCUT2D eigenvalue weighted by Gasteiger charge is 2.22. The molecule has 3 rings (SSSR count). The van der Waals surface area contributed by atoms with Crippen LogP contribution in [0.4, 0.5) is 0 Å².